The van der Waals surface area contributed by atoms with Gasteiger partial charge in [0.15, 0.2) is 12.4 Å². The van der Waals surface area contributed by atoms with E-state index >= 15 is 0 Å². The highest BCUT2D eigenvalue weighted by molar-refractivity contribution is 5.91. The Morgan fingerprint density at radius 2 is 2.03 bits per heavy atom. The van der Waals surface area contributed by atoms with Crippen LogP contribution in [0.25, 0.3) is 6.08 Å². The van der Waals surface area contributed by atoms with Crippen LogP contribution in [0, 0.1) is 5.92 Å². The quantitative estimate of drug-likeness (QED) is 0.491. The zero-order chi connectivity index (χ0) is 25.3. The van der Waals surface area contributed by atoms with Crippen molar-refractivity contribution in [1.29, 1.82) is 0 Å². The lowest BCUT2D eigenvalue weighted by Crippen LogP contribution is -2.37. The molecule has 0 atom stereocenters. The van der Waals surface area contributed by atoms with Crippen molar-refractivity contribution < 1.29 is 27.6 Å². The highest BCUT2D eigenvalue weighted by atomic mass is 19.3. The van der Waals surface area contributed by atoms with Crippen molar-refractivity contribution in [3.05, 3.63) is 41.3 Å². The number of carbonyl (C=O) groups is 1. The number of fused-ring (bicyclic) bond motifs is 1. The number of ether oxygens (including phenoxy) is 2. The second kappa shape index (κ2) is 12.8. The fourth-order valence-electron chi connectivity index (χ4n) is 4.88. The Bertz CT molecular complexity index is 1020. The fourth-order valence-corrected chi connectivity index (χ4v) is 4.88. The molecule has 0 unspecified atom stereocenters. The minimum Gasteiger partial charge on any atom is -0.479 e. The number of methoxy groups -OCH3 is 1. The summed E-state index contributed by atoms with van der Waals surface area (Å²) in [7, 11) is 1.51. The molecule has 0 saturated heterocycles. The maximum Gasteiger partial charge on any atom is 0.272 e. The van der Waals surface area contributed by atoms with E-state index in [4.69, 9.17) is 14.0 Å². The third-order valence-corrected chi connectivity index (χ3v) is 6.92. The summed E-state index contributed by atoms with van der Waals surface area (Å²) in [5.41, 5.74) is 2.13. The largest absolute Gasteiger partial charge is 0.479 e. The molecule has 4 rings (SSSR count). The van der Waals surface area contributed by atoms with Crippen LogP contribution >= 0.6 is 0 Å². The van der Waals surface area contributed by atoms with Gasteiger partial charge in [-0.3, -0.25) is 4.79 Å². The van der Waals surface area contributed by atoms with Gasteiger partial charge in [0.1, 0.15) is 0 Å². The molecule has 8 nitrogen and oxygen atoms in total. The lowest BCUT2D eigenvalue weighted by molar-refractivity contribution is -0.117. The maximum absolute atomic E-state index is 12.4. The van der Waals surface area contributed by atoms with Crippen LogP contribution in [0.1, 0.15) is 49.1 Å². The molecule has 1 N–H and O–H groups in total. The molecular formula is C26H34F2N4O4. The molecule has 0 bridgehead atoms. The Labute approximate surface area is 210 Å². The second-order valence-corrected chi connectivity index (χ2v) is 9.42. The first-order chi connectivity index (χ1) is 17.5. The Morgan fingerprint density at radius 1 is 1.22 bits per heavy atom. The Hall–Kier alpha value is -3.01. The lowest BCUT2D eigenvalue weighted by Gasteiger charge is -2.30. The number of hydrogen-bond donors (Lipinski definition) is 1. The molecule has 2 aromatic heterocycles. The van der Waals surface area contributed by atoms with Gasteiger partial charge in [-0.1, -0.05) is 6.07 Å². The van der Waals surface area contributed by atoms with E-state index in [0.717, 1.165) is 70.3 Å². The number of amides is 1. The third kappa shape index (κ3) is 7.74. The molecule has 0 aromatic carbocycles. The molecule has 3 heterocycles. The Morgan fingerprint density at radius 3 is 2.78 bits per heavy atom. The summed E-state index contributed by atoms with van der Waals surface area (Å²) in [5, 5.41) is 6.79. The molecule has 0 spiro atoms. The molecule has 0 radical (unpaired) electrons. The van der Waals surface area contributed by atoms with E-state index in [1.807, 2.05) is 6.07 Å². The first-order valence-corrected chi connectivity index (χ1v) is 12.6. The maximum atomic E-state index is 12.4. The topological polar surface area (TPSA) is 89.7 Å². The number of alkyl halides is 2. The number of carbonyl (C=O) groups excluding carboxylic acids is 1. The van der Waals surface area contributed by atoms with Gasteiger partial charge in [-0.25, -0.2) is 13.8 Å². The SMILES string of the molecule is COc1cc(/C=C/C(=O)NC2CCC(CCN3CCc4ccc(OCC(F)F)nc4CC3)CC2)on1. The highest BCUT2D eigenvalue weighted by Gasteiger charge is 2.23. The van der Waals surface area contributed by atoms with Crippen molar-refractivity contribution in [3.63, 3.8) is 0 Å². The standard InChI is InChI=1S/C26H34F2N4O4/c1-34-26-16-21(36-31-26)7-8-24(33)29-20-5-2-18(3-6-20)10-13-32-14-11-19-4-9-25(35-17-23(27)28)30-22(19)12-15-32/h4,7-9,16,18,20,23H,2-3,5-6,10-15,17H2,1H3,(H,29,33)/b8-7+. The van der Waals surface area contributed by atoms with Gasteiger partial charge in [-0.2, -0.15) is 0 Å². The molecule has 196 valence electrons. The first kappa shape index (κ1) is 26.1. The Balaban J connectivity index is 1.15. The molecule has 1 aliphatic heterocycles. The van der Waals surface area contributed by atoms with E-state index in [1.54, 1.807) is 18.2 Å². The zero-order valence-corrected chi connectivity index (χ0v) is 20.6. The number of pyridine rings is 1. The number of halogens is 2. The van der Waals surface area contributed by atoms with Crippen LogP contribution in [0.4, 0.5) is 8.78 Å². The highest BCUT2D eigenvalue weighted by Crippen LogP contribution is 2.28. The van der Waals surface area contributed by atoms with Crippen LogP contribution in [0.3, 0.4) is 0 Å². The van der Waals surface area contributed by atoms with E-state index in [1.165, 1.54) is 18.7 Å². The molecule has 1 amide bonds. The predicted molar refractivity (Wildman–Crippen MR) is 130 cm³/mol. The lowest BCUT2D eigenvalue weighted by atomic mass is 9.84. The van der Waals surface area contributed by atoms with Crippen LogP contribution in [0.2, 0.25) is 0 Å². The number of aromatic nitrogens is 2. The van der Waals surface area contributed by atoms with Crippen LogP contribution in [0.15, 0.2) is 28.8 Å². The van der Waals surface area contributed by atoms with Crippen molar-refractivity contribution in [2.45, 2.75) is 57.4 Å². The van der Waals surface area contributed by atoms with Crippen molar-refractivity contribution in [2.75, 3.05) is 33.4 Å². The minimum atomic E-state index is -2.50. The van der Waals surface area contributed by atoms with E-state index in [9.17, 15) is 13.6 Å². The van der Waals surface area contributed by atoms with E-state index in [-0.39, 0.29) is 17.8 Å². The van der Waals surface area contributed by atoms with Gasteiger partial charge in [-0.05, 0) is 67.8 Å². The van der Waals surface area contributed by atoms with Crippen molar-refractivity contribution in [2.24, 2.45) is 5.92 Å². The summed E-state index contributed by atoms with van der Waals surface area (Å²) in [6, 6.07) is 5.47. The van der Waals surface area contributed by atoms with Crippen molar-refractivity contribution in [1.82, 2.24) is 20.4 Å². The molecule has 1 fully saturated rings. The van der Waals surface area contributed by atoms with Gasteiger partial charge in [0.25, 0.3) is 12.3 Å². The molecule has 1 saturated carbocycles. The van der Waals surface area contributed by atoms with Crippen LogP contribution in [0.5, 0.6) is 11.8 Å². The normalized spacial score (nSPS) is 20.8. The van der Waals surface area contributed by atoms with Crippen LogP contribution in [-0.4, -0.2) is 66.8 Å². The van der Waals surface area contributed by atoms with Crippen molar-refractivity contribution in [3.8, 4) is 11.8 Å². The molecule has 10 heteroatoms. The minimum absolute atomic E-state index is 0.130. The van der Waals surface area contributed by atoms with Gasteiger partial charge in [0, 0.05) is 49.5 Å². The van der Waals surface area contributed by atoms with E-state index < -0.39 is 13.0 Å². The second-order valence-electron chi connectivity index (χ2n) is 9.42. The predicted octanol–water partition coefficient (Wildman–Crippen LogP) is 3.90. The van der Waals surface area contributed by atoms with Gasteiger partial charge in [0.05, 0.1) is 7.11 Å². The zero-order valence-electron chi connectivity index (χ0n) is 20.6. The smallest absolute Gasteiger partial charge is 0.272 e. The number of hydrogen-bond acceptors (Lipinski definition) is 7. The molecule has 1 aliphatic carbocycles. The molecule has 2 aliphatic rings. The molecule has 2 aromatic rings. The number of rotatable bonds is 10. The van der Waals surface area contributed by atoms with Gasteiger partial charge < -0.3 is 24.2 Å². The van der Waals surface area contributed by atoms with Crippen LogP contribution < -0.4 is 14.8 Å². The van der Waals surface area contributed by atoms with Crippen LogP contribution in [-0.2, 0) is 17.6 Å². The molecule has 36 heavy (non-hydrogen) atoms. The average molecular weight is 505 g/mol. The summed E-state index contributed by atoms with van der Waals surface area (Å²) in [6.07, 6.45) is 7.57. The Kier molecular flexibility index (Phi) is 9.27. The summed E-state index contributed by atoms with van der Waals surface area (Å²) in [4.78, 5) is 19.2. The summed E-state index contributed by atoms with van der Waals surface area (Å²) in [6.45, 7) is 2.29. The van der Waals surface area contributed by atoms with Gasteiger partial charge >= 0.3 is 0 Å². The fraction of sp³-hybridized carbons (Fsp3) is 0.577. The summed E-state index contributed by atoms with van der Waals surface area (Å²) in [5.74, 6) is 1.66. The first-order valence-electron chi connectivity index (χ1n) is 12.6. The van der Waals surface area contributed by atoms with Crippen molar-refractivity contribution >= 4 is 12.0 Å². The summed E-state index contributed by atoms with van der Waals surface area (Å²) >= 11 is 0. The number of nitrogens with one attached hydrogen (secondary N) is 1. The van der Waals surface area contributed by atoms with E-state index in [2.05, 4.69) is 20.4 Å². The van der Waals surface area contributed by atoms with E-state index in [0.29, 0.717) is 17.6 Å². The third-order valence-electron chi connectivity index (χ3n) is 6.92. The average Bonchev–Trinajstić information content (AvgIpc) is 3.25. The van der Waals surface area contributed by atoms with Gasteiger partial charge in [0.2, 0.25) is 11.8 Å². The summed E-state index contributed by atoms with van der Waals surface area (Å²) < 4.78 is 39.9. The molecular weight excluding hydrogens is 470 g/mol. The van der Waals surface area contributed by atoms with Gasteiger partial charge in [-0.15, -0.1) is 0 Å². The monoisotopic (exact) mass is 504 g/mol. The number of nitrogens with zero attached hydrogens (tertiary/aromatic N) is 3.